The Morgan fingerprint density at radius 2 is 1.93 bits per heavy atom. The number of halogens is 2. The zero-order chi connectivity index (χ0) is 20.7. The molecule has 0 spiro atoms. The van der Waals surface area contributed by atoms with Crippen molar-refractivity contribution in [1.29, 1.82) is 0 Å². The van der Waals surface area contributed by atoms with Crippen molar-refractivity contribution in [2.24, 2.45) is 0 Å². The summed E-state index contributed by atoms with van der Waals surface area (Å²) in [6, 6.07) is 10.1. The SMILES string of the molecule is Cc1cc(OCCCC(=O)NC(Cc2ccccc2)C(=O)O)c(Br)c(C)c1Cl. The van der Waals surface area contributed by atoms with Crippen LogP contribution in [0.5, 0.6) is 5.75 Å². The lowest BCUT2D eigenvalue weighted by Gasteiger charge is -2.15. The van der Waals surface area contributed by atoms with Crippen LogP contribution in [0.4, 0.5) is 0 Å². The topological polar surface area (TPSA) is 75.6 Å². The average Bonchev–Trinajstić information content (AvgIpc) is 2.67. The zero-order valence-electron chi connectivity index (χ0n) is 15.8. The molecule has 1 unspecified atom stereocenters. The molecule has 7 heteroatoms. The number of hydrogen-bond donors (Lipinski definition) is 2. The van der Waals surface area contributed by atoms with Gasteiger partial charge in [-0.15, -0.1) is 0 Å². The molecule has 0 aliphatic rings. The minimum absolute atomic E-state index is 0.182. The zero-order valence-corrected chi connectivity index (χ0v) is 18.1. The lowest BCUT2D eigenvalue weighted by atomic mass is 10.1. The van der Waals surface area contributed by atoms with E-state index in [4.69, 9.17) is 16.3 Å². The van der Waals surface area contributed by atoms with Gasteiger partial charge in [0.2, 0.25) is 5.91 Å². The number of carboxylic acid groups (broad SMARTS) is 1. The Morgan fingerprint density at radius 3 is 2.57 bits per heavy atom. The molecular weight excluding hydrogens is 446 g/mol. The van der Waals surface area contributed by atoms with E-state index in [-0.39, 0.29) is 18.7 Å². The molecule has 0 aliphatic carbocycles. The molecule has 0 saturated carbocycles. The number of rotatable bonds is 9. The summed E-state index contributed by atoms with van der Waals surface area (Å²) in [6.07, 6.45) is 0.896. The highest BCUT2D eigenvalue weighted by atomic mass is 79.9. The molecule has 150 valence electrons. The number of aliphatic carboxylic acids is 1. The predicted octanol–water partition coefficient (Wildman–Crippen LogP) is 4.69. The van der Waals surface area contributed by atoms with Gasteiger partial charge < -0.3 is 15.2 Å². The van der Waals surface area contributed by atoms with Gasteiger partial charge in [0, 0.05) is 17.9 Å². The van der Waals surface area contributed by atoms with E-state index >= 15 is 0 Å². The molecule has 0 heterocycles. The van der Waals surface area contributed by atoms with Crippen LogP contribution in [0.25, 0.3) is 0 Å². The van der Waals surface area contributed by atoms with Gasteiger partial charge in [-0.25, -0.2) is 4.79 Å². The van der Waals surface area contributed by atoms with Gasteiger partial charge in [0.1, 0.15) is 11.8 Å². The van der Waals surface area contributed by atoms with Gasteiger partial charge in [0.25, 0.3) is 0 Å². The highest BCUT2D eigenvalue weighted by molar-refractivity contribution is 9.10. The van der Waals surface area contributed by atoms with E-state index in [1.165, 1.54) is 0 Å². The highest BCUT2D eigenvalue weighted by Gasteiger charge is 2.20. The first kappa shape index (κ1) is 22.2. The van der Waals surface area contributed by atoms with Gasteiger partial charge in [-0.05, 0) is 59.0 Å². The van der Waals surface area contributed by atoms with Crippen LogP contribution in [0.15, 0.2) is 40.9 Å². The first-order chi connectivity index (χ1) is 13.3. The second-order valence-corrected chi connectivity index (χ2v) is 7.72. The van der Waals surface area contributed by atoms with Gasteiger partial charge in [0.15, 0.2) is 0 Å². The maximum atomic E-state index is 12.1. The molecule has 2 aromatic rings. The van der Waals surface area contributed by atoms with Gasteiger partial charge >= 0.3 is 5.97 Å². The van der Waals surface area contributed by atoms with Crippen LogP contribution in [-0.4, -0.2) is 29.6 Å². The molecular formula is C21H23BrClNO4. The van der Waals surface area contributed by atoms with E-state index in [1.54, 1.807) is 0 Å². The fraction of sp³-hybridized carbons (Fsp3) is 0.333. The van der Waals surface area contributed by atoms with Gasteiger partial charge in [-0.2, -0.15) is 0 Å². The third-order valence-corrected chi connectivity index (χ3v) is 5.86. The van der Waals surface area contributed by atoms with Crippen LogP contribution in [-0.2, 0) is 16.0 Å². The third-order valence-electron chi connectivity index (χ3n) is 4.29. The molecule has 2 rings (SSSR count). The van der Waals surface area contributed by atoms with Crippen LogP contribution in [0.3, 0.4) is 0 Å². The van der Waals surface area contributed by atoms with Gasteiger partial charge in [-0.3, -0.25) is 4.79 Å². The smallest absolute Gasteiger partial charge is 0.326 e. The predicted molar refractivity (Wildman–Crippen MR) is 113 cm³/mol. The number of benzene rings is 2. The monoisotopic (exact) mass is 467 g/mol. The molecule has 5 nitrogen and oxygen atoms in total. The van der Waals surface area contributed by atoms with Crippen LogP contribution in [0.2, 0.25) is 5.02 Å². The van der Waals surface area contributed by atoms with E-state index < -0.39 is 12.0 Å². The Hall–Kier alpha value is -2.05. The molecule has 2 N–H and O–H groups in total. The van der Waals surface area contributed by atoms with E-state index in [2.05, 4.69) is 21.2 Å². The number of hydrogen-bond acceptors (Lipinski definition) is 3. The molecule has 28 heavy (non-hydrogen) atoms. The van der Waals surface area contributed by atoms with Crippen molar-refractivity contribution in [1.82, 2.24) is 5.32 Å². The Morgan fingerprint density at radius 1 is 1.25 bits per heavy atom. The maximum Gasteiger partial charge on any atom is 0.326 e. The quantitative estimate of drug-likeness (QED) is 0.524. The minimum atomic E-state index is -1.05. The third kappa shape index (κ3) is 6.24. The molecule has 0 radical (unpaired) electrons. The van der Waals surface area contributed by atoms with E-state index in [0.717, 1.165) is 21.2 Å². The standard InChI is InChI=1S/C21H23BrClNO4/c1-13-11-17(19(22)14(2)20(13)23)28-10-6-9-18(25)24-16(21(26)27)12-15-7-4-3-5-8-15/h3-5,7-8,11,16H,6,9-10,12H2,1-2H3,(H,24,25)(H,26,27). The first-order valence-corrected chi connectivity index (χ1v) is 10.1. The summed E-state index contributed by atoms with van der Waals surface area (Å²) >= 11 is 9.68. The summed E-state index contributed by atoms with van der Waals surface area (Å²) in [5.41, 5.74) is 2.68. The molecule has 1 atom stereocenters. The summed E-state index contributed by atoms with van der Waals surface area (Å²) in [5.74, 6) is -0.689. The molecule has 0 fully saturated rings. The number of aryl methyl sites for hydroxylation is 1. The second kappa shape index (κ2) is 10.5. The van der Waals surface area contributed by atoms with Gasteiger partial charge in [-0.1, -0.05) is 41.9 Å². The van der Waals surface area contributed by atoms with Crippen LogP contribution in [0, 0.1) is 13.8 Å². The Bertz CT molecular complexity index is 842. The molecule has 2 aromatic carbocycles. The first-order valence-electron chi connectivity index (χ1n) is 8.93. The number of nitrogens with one attached hydrogen (secondary N) is 1. The Balaban J connectivity index is 1.82. The molecule has 0 aromatic heterocycles. The van der Waals surface area contributed by atoms with Crippen molar-refractivity contribution in [2.45, 2.75) is 39.2 Å². The van der Waals surface area contributed by atoms with Crippen molar-refractivity contribution >= 4 is 39.4 Å². The summed E-state index contributed by atoms with van der Waals surface area (Å²) in [7, 11) is 0. The maximum absolute atomic E-state index is 12.1. The van der Waals surface area contributed by atoms with E-state index in [1.807, 2.05) is 50.2 Å². The summed E-state index contributed by atoms with van der Waals surface area (Å²) in [5, 5.41) is 12.6. The number of carboxylic acids is 1. The average molecular weight is 469 g/mol. The molecule has 0 saturated heterocycles. The van der Waals surface area contributed by atoms with E-state index in [0.29, 0.717) is 23.8 Å². The lowest BCUT2D eigenvalue weighted by molar-refractivity contribution is -0.141. The number of carbonyl (C=O) groups excluding carboxylic acids is 1. The van der Waals surface area contributed by atoms with Crippen LogP contribution in [0.1, 0.15) is 29.5 Å². The molecule has 0 aliphatic heterocycles. The largest absolute Gasteiger partial charge is 0.492 e. The van der Waals surface area contributed by atoms with Crippen molar-refractivity contribution in [3.8, 4) is 5.75 Å². The van der Waals surface area contributed by atoms with Crippen molar-refractivity contribution in [3.63, 3.8) is 0 Å². The van der Waals surface area contributed by atoms with Gasteiger partial charge in [0.05, 0.1) is 11.1 Å². The molecule has 0 bridgehead atoms. The van der Waals surface area contributed by atoms with Crippen molar-refractivity contribution < 1.29 is 19.4 Å². The Labute approximate surface area is 178 Å². The Kier molecular flexibility index (Phi) is 8.33. The number of ether oxygens (including phenoxy) is 1. The highest BCUT2D eigenvalue weighted by Crippen LogP contribution is 2.35. The van der Waals surface area contributed by atoms with Crippen LogP contribution >= 0.6 is 27.5 Å². The van der Waals surface area contributed by atoms with Crippen molar-refractivity contribution in [3.05, 3.63) is 62.6 Å². The summed E-state index contributed by atoms with van der Waals surface area (Å²) in [4.78, 5) is 23.6. The summed E-state index contributed by atoms with van der Waals surface area (Å²) < 4.78 is 6.54. The lowest BCUT2D eigenvalue weighted by Crippen LogP contribution is -2.42. The molecule has 1 amide bonds. The van der Waals surface area contributed by atoms with E-state index in [9.17, 15) is 14.7 Å². The fourth-order valence-electron chi connectivity index (χ4n) is 2.74. The number of carbonyl (C=O) groups is 2. The van der Waals surface area contributed by atoms with Crippen molar-refractivity contribution in [2.75, 3.05) is 6.61 Å². The fourth-order valence-corrected chi connectivity index (χ4v) is 3.43. The second-order valence-electron chi connectivity index (χ2n) is 6.54. The van der Waals surface area contributed by atoms with Crippen LogP contribution < -0.4 is 10.1 Å². The minimum Gasteiger partial charge on any atom is -0.492 e. The number of amides is 1. The summed E-state index contributed by atoms with van der Waals surface area (Å²) in [6.45, 7) is 4.14. The normalized spacial score (nSPS) is 11.7.